The van der Waals surface area contributed by atoms with Gasteiger partial charge in [-0.25, -0.2) is 0 Å². The van der Waals surface area contributed by atoms with Crippen molar-refractivity contribution in [3.8, 4) is 0 Å². The van der Waals surface area contributed by atoms with Gasteiger partial charge in [0.05, 0.1) is 0 Å². The van der Waals surface area contributed by atoms with Crippen molar-refractivity contribution in [2.75, 3.05) is 12.3 Å². The van der Waals surface area contributed by atoms with Gasteiger partial charge < -0.3 is 5.73 Å². The van der Waals surface area contributed by atoms with Gasteiger partial charge in [0.2, 0.25) is 0 Å². The summed E-state index contributed by atoms with van der Waals surface area (Å²) in [5.74, 6) is 1.48. The molecular weight excluding hydrogens is 94.1 g/mol. The largest absolute Gasteiger partial charge is 0.330 e. The summed E-state index contributed by atoms with van der Waals surface area (Å²) in [5, 5.41) is 0. The third-order valence-corrected chi connectivity index (χ3v) is 1.34. The molecule has 0 aliphatic rings. The Labute approximate surface area is 44.3 Å². The normalized spacial score (nSPS) is 14.5. The Morgan fingerprint density at radius 1 is 1.83 bits per heavy atom. The van der Waals surface area contributed by atoms with Crippen molar-refractivity contribution in [3.05, 3.63) is 0 Å². The van der Waals surface area contributed by atoms with Crippen LogP contribution < -0.4 is 5.73 Å². The fourth-order valence-corrected chi connectivity index (χ4v) is 0.224. The van der Waals surface area contributed by atoms with E-state index < -0.39 is 0 Å². The zero-order valence-electron chi connectivity index (χ0n) is 4.02. The summed E-state index contributed by atoms with van der Waals surface area (Å²) in [5.41, 5.74) is 5.23. The van der Waals surface area contributed by atoms with Crippen LogP contribution in [0.1, 0.15) is 6.92 Å². The Morgan fingerprint density at radius 2 is 2.33 bits per heavy atom. The lowest BCUT2D eigenvalue weighted by atomic mass is 10.2. The van der Waals surface area contributed by atoms with Gasteiger partial charge in [0.15, 0.2) is 0 Å². The molecule has 0 aliphatic heterocycles. The van der Waals surface area contributed by atoms with Crippen LogP contribution in [-0.2, 0) is 0 Å². The van der Waals surface area contributed by atoms with Crippen LogP contribution in [0.2, 0.25) is 0 Å². The maximum atomic E-state index is 5.23. The van der Waals surface area contributed by atoms with Crippen LogP contribution >= 0.6 is 12.6 Å². The highest BCUT2D eigenvalue weighted by Gasteiger charge is 1.89. The summed E-state index contributed by atoms with van der Waals surface area (Å²) < 4.78 is 0. The first kappa shape index (κ1) is 6.31. The van der Waals surface area contributed by atoms with Gasteiger partial charge >= 0.3 is 0 Å². The molecule has 0 aromatic rings. The van der Waals surface area contributed by atoms with Crippen LogP contribution in [0.15, 0.2) is 0 Å². The van der Waals surface area contributed by atoms with Gasteiger partial charge in [-0.05, 0) is 18.2 Å². The second kappa shape index (κ2) is 3.50. The predicted octanol–water partition coefficient (Wildman–Crippen LogP) is 0.511. The molecule has 0 bridgehead atoms. The molecule has 6 heavy (non-hydrogen) atoms. The lowest BCUT2D eigenvalue weighted by Gasteiger charge is -1.98. The van der Waals surface area contributed by atoms with Gasteiger partial charge in [-0.3, -0.25) is 0 Å². The predicted molar refractivity (Wildman–Crippen MR) is 32.1 cm³/mol. The molecule has 0 aromatic heterocycles. The number of nitrogens with two attached hydrogens (primary N) is 1. The minimum atomic E-state index is 0.577. The maximum Gasteiger partial charge on any atom is -0.00437 e. The van der Waals surface area contributed by atoms with Crippen LogP contribution in [0, 0.1) is 5.92 Å². The zero-order chi connectivity index (χ0) is 4.99. The van der Waals surface area contributed by atoms with E-state index in [-0.39, 0.29) is 0 Å². The molecule has 1 unspecified atom stereocenters. The highest BCUT2D eigenvalue weighted by atomic mass is 32.1. The van der Waals surface area contributed by atoms with E-state index in [0.29, 0.717) is 5.92 Å². The highest BCUT2D eigenvalue weighted by molar-refractivity contribution is 7.80. The third-order valence-electron chi connectivity index (χ3n) is 0.714. The fourth-order valence-electron chi connectivity index (χ4n) is 0.0745. The van der Waals surface area contributed by atoms with E-state index >= 15 is 0 Å². The van der Waals surface area contributed by atoms with E-state index in [0.717, 1.165) is 12.3 Å². The average Bonchev–Trinajstić information content (AvgIpc) is 1.65. The third kappa shape index (κ3) is 2.54. The Balaban J connectivity index is 2.75. The lowest BCUT2D eigenvalue weighted by Crippen LogP contribution is -2.11. The Bertz CT molecular complexity index is 26.7. The van der Waals surface area contributed by atoms with E-state index in [1.807, 2.05) is 0 Å². The SMILES string of the molecule is CC(CN)CS. The molecule has 38 valence electrons. The van der Waals surface area contributed by atoms with Crippen molar-refractivity contribution in [1.29, 1.82) is 0 Å². The molecular formula is C4H11NS. The smallest absolute Gasteiger partial charge is 0.00437 e. The quantitative estimate of drug-likeness (QED) is 0.492. The summed E-state index contributed by atoms with van der Waals surface area (Å²) in [6, 6.07) is 0. The number of rotatable bonds is 2. The van der Waals surface area contributed by atoms with Gasteiger partial charge in [0.25, 0.3) is 0 Å². The molecule has 2 N–H and O–H groups in total. The average molecular weight is 105 g/mol. The Hall–Kier alpha value is 0.310. The van der Waals surface area contributed by atoms with Gasteiger partial charge in [-0.2, -0.15) is 12.6 Å². The molecule has 0 spiro atoms. The van der Waals surface area contributed by atoms with Crippen molar-refractivity contribution in [2.45, 2.75) is 6.92 Å². The monoisotopic (exact) mass is 105 g/mol. The molecule has 0 saturated heterocycles. The number of hydrogen-bond donors (Lipinski definition) is 2. The second-order valence-electron chi connectivity index (χ2n) is 1.52. The van der Waals surface area contributed by atoms with Crippen molar-refractivity contribution in [3.63, 3.8) is 0 Å². The van der Waals surface area contributed by atoms with Crippen molar-refractivity contribution in [2.24, 2.45) is 11.7 Å². The van der Waals surface area contributed by atoms with Crippen molar-refractivity contribution < 1.29 is 0 Å². The number of thiol groups is 1. The summed E-state index contributed by atoms with van der Waals surface area (Å²) >= 11 is 4.02. The number of hydrogen-bond acceptors (Lipinski definition) is 2. The van der Waals surface area contributed by atoms with E-state index in [4.69, 9.17) is 5.73 Å². The van der Waals surface area contributed by atoms with Crippen LogP contribution in [-0.4, -0.2) is 12.3 Å². The van der Waals surface area contributed by atoms with E-state index in [1.165, 1.54) is 0 Å². The minimum absolute atomic E-state index is 0.577. The maximum absolute atomic E-state index is 5.23. The van der Waals surface area contributed by atoms with Crippen molar-refractivity contribution in [1.82, 2.24) is 0 Å². The first-order valence-electron chi connectivity index (χ1n) is 2.12. The molecule has 0 saturated carbocycles. The molecule has 1 nitrogen and oxygen atoms in total. The van der Waals surface area contributed by atoms with Gasteiger partial charge in [-0.15, -0.1) is 0 Å². The van der Waals surface area contributed by atoms with Gasteiger partial charge in [-0.1, -0.05) is 6.92 Å². The molecule has 0 fully saturated rings. The van der Waals surface area contributed by atoms with E-state index in [1.54, 1.807) is 0 Å². The molecule has 0 amide bonds. The summed E-state index contributed by atoms with van der Waals surface area (Å²) in [6.45, 7) is 2.83. The molecule has 0 rings (SSSR count). The highest BCUT2D eigenvalue weighted by Crippen LogP contribution is 1.90. The summed E-state index contributed by atoms with van der Waals surface area (Å²) in [6.07, 6.45) is 0. The Morgan fingerprint density at radius 3 is 2.33 bits per heavy atom. The minimum Gasteiger partial charge on any atom is -0.330 e. The van der Waals surface area contributed by atoms with Crippen LogP contribution in [0.4, 0.5) is 0 Å². The second-order valence-corrected chi connectivity index (χ2v) is 1.89. The molecule has 0 aromatic carbocycles. The standard InChI is InChI=1S/C4H11NS/c1-4(2-5)3-6/h4,6H,2-3,5H2,1H3. The van der Waals surface area contributed by atoms with Crippen LogP contribution in [0.3, 0.4) is 0 Å². The lowest BCUT2D eigenvalue weighted by molar-refractivity contribution is 0.677. The fraction of sp³-hybridized carbons (Fsp3) is 1.00. The van der Waals surface area contributed by atoms with Crippen molar-refractivity contribution >= 4 is 12.6 Å². The van der Waals surface area contributed by atoms with Crippen LogP contribution in [0.25, 0.3) is 0 Å². The summed E-state index contributed by atoms with van der Waals surface area (Å²) in [7, 11) is 0. The van der Waals surface area contributed by atoms with Crippen LogP contribution in [0.5, 0.6) is 0 Å². The topological polar surface area (TPSA) is 26.0 Å². The zero-order valence-corrected chi connectivity index (χ0v) is 4.91. The first-order valence-corrected chi connectivity index (χ1v) is 2.75. The molecule has 0 radical (unpaired) electrons. The summed E-state index contributed by atoms with van der Waals surface area (Å²) in [4.78, 5) is 0. The van der Waals surface area contributed by atoms with Gasteiger partial charge in [0, 0.05) is 0 Å². The Kier molecular flexibility index (Phi) is 3.68. The molecule has 2 heteroatoms. The molecule has 0 heterocycles. The molecule has 1 atom stereocenters. The van der Waals surface area contributed by atoms with E-state index in [2.05, 4.69) is 19.6 Å². The molecule has 0 aliphatic carbocycles. The first-order chi connectivity index (χ1) is 2.81. The van der Waals surface area contributed by atoms with Gasteiger partial charge in [0.1, 0.15) is 0 Å². The van der Waals surface area contributed by atoms with E-state index in [9.17, 15) is 0 Å².